The molecule has 6 rings (SSSR count). The minimum atomic E-state index is -4.44. The third kappa shape index (κ3) is 4.12. The van der Waals surface area contributed by atoms with Gasteiger partial charge in [0.25, 0.3) is 0 Å². The zero-order valence-corrected chi connectivity index (χ0v) is 18.6. The molecule has 178 valence electrons. The van der Waals surface area contributed by atoms with E-state index in [9.17, 15) is 18.0 Å². The van der Waals surface area contributed by atoms with Gasteiger partial charge in [-0.3, -0.25) is 4.79 Å². The maximum atomic E-state index is 12.7. The molecule has 6 nitrogen and oxygen atoms in total. The van der Waals surface area contributed by atoms with E-state index in [-0.39, 0.29) is 11.9 Å². The number of pyridine rings is 1. The summed E-state index contributed by atoms with van der Waals surface area (Å²) in [7, 11) is 0. The molecule has 3 atom stereocenters. The molecule has 1 amide bonds. The van der Waals surface area contributed by atoms with Crippen molar-refractivity contribution in [2.24, 2.45) is 5.92 Å². The lowest BCUT2D eigenvalue weighted by atomic mass is 10.2. The molecule has 0 bridgehead atoms. The van der Waals surface area contributed by atoms with E-state index in [1.54, 1.807) is 0 Å². The molecule has 1 aliphatic heterocycles. The molecule has 3 fully saturated rings. The van der Waals surface area contributed by atoms with Gasteiger partial charge in [-0.2, -0.15) is 13.2 Å². The van der Waals surface area contributed by atoms with E-state index < -0.39 is 11.9 Å². The summed E-state index contributed by atoms with van der Waals surface area (Å²) in [4.78, 5) is 23.2. The Morgan fingerprint density at radius 3 is 2.68 bits per heavy atom. The predicted molar refractivity (Wildman–Crippen MR) is 121 cm³/mol. The van der Waals surface area contributed by atoms with Crippen LogP contribution in [0.5, 0.6) is 0 Å². The van der Waals surface area contributed by atoms with Gasteiger partial charge in [-0.05, 0) is 55.9 Å². The maximum absolute atomic E-state index is 12.7. The number of para-hydroxylation sites is 2. The number of carbonyl (C=O) groups excluding carboxylic acids is 1. The molecule has 2 saturated carbocycles. The number of carbonyl (C=O) groups is 1. The van der Waals surface area contributed by atoms with Crippen LogP contribution in [0, 0.1) is 5.92 Å². The summed E-state index contributed by atoms with van der Waals surface area (Å²) in [5.74, 6) is 1.81. The minimum absolute atomic E-state index is 0.0111. The Hall–Kier alpha value is -3.10. The summed E-state index contributed by atoms with van der Waals surface area (Å²) in [6.45, 7) is 1.25. The lowest BCUT2D eigenvalue weighted by Crippen LogP contribution is -2.37. The fourth-order valence-electron chi connectivity index (χ4n) is 5.21. The number of alkyl halides is 3. The van der Waals surface area contributed by atoms with Crippen LogP contribution in [0.25, 0.3) is 11.0 Å². The number of rotatable bonds is 6. The highest BCUT2D eigenvalue weighted by Gasteiger charge is 2.45. The van der Waals surface area contributed by atoms with Gasteiger partial charge in [-0.15, -0.1) is 0 Å². The van der Waals surface area contributed by atoms with Crippen LogP contribution in [0.2, 0.25) is 0 Å². The number of hydrogen-bond donors (Lipinski definition) is 1. The SMILES string of the molecule is O=C(C[C@@H]1C[C@@H]1c1nc2ccccc2n1C1CC1)N[C@@H]1CCN(c2ccc(C(F)(F)F)nc2)C1. The van der Waals surface area contributed by atoms with Crippen LogP contribution >= 0.6 is 0 Å². The Labute approximate surface area is 195 Å². The van der Waals surface area contributed by atoms with Gasteiger partial charge in [-0.25, -0.2) is 9.97 Å². The lowest BCUT2D eigenvalue weighted by Gasteiger charge is -2.19. The number of fused-ring (bicyclic) bond motifs is 1. The van der Waals surface area contributed by atoms with Crippen LogP contribution in [0.3, 0.4) is 0 Å². The van der Waals surface area contributed by atoms with Crippen molar-refractivity contribution in [3.63, 3.8) is 0 Å². The van der Waals surface area contributed by atoms with Crippen molar-refractivity contribution in [1.82, 2.24) is 19.9 Å². The number of anilines is 1. The lowest BCUT2D eigenvalue weighted by molar-refractivity contribution is -0.141. The first-order valence-corrected chi connectivity index (χ1v) is 11.9. The van der Waals surface area contributed by atoms with Crippen LogP contribution < -0.4 is 10.2 Å². The van der Waals surface area contributed by atoms with Crippen LogP contribution in [-0.2, 0) is 11.0 Å². The Morgan fingerprint density at radius 2 is 1.94 bits per heavy atom. The van der Waals surface area contributed by atoms with Gasteiger partial charge in [0.2, 0.25) is 5.91 Å². The predicted octanol–water partition coefficient (Wildman–Crippen LogP) is 4.67. The highest BCUT2D eigenvalue weighted by atomic mass is 19.4. The van der Waals surface area contributed by atoms with Crippen molar-refractivity contribution >= 4 is 22.6 Å². The summed E-state index contributed by atoms with van der Waals surface area (Å²) in [5, 5.41) is 3.13. The zero-order chi connectivity index (χ0) is 23.4. The van der Waals surface area contributed by atoms with Gasteiger partial charge in [0.15, 0.2) is 0 Å². The Balaban J connectivity index is 1.04. The second-order valence-electron chi connectivity index (χ2n) is 9.76. The first-order chi connectivity index (χ1) is 16.4. The molecule has 1 saturated heterocycles. The molecule has 1 N–H and O–H groups in total. The fourth-order valence-corrected chi connectivity index (χ4v) is 5.21. The van der Waals surface area contributed by atoms with Crippen molar-refractivity contribution in [2.75, 3.05) is 18.0 Å². The first kappa shape index (κ1) is 21.4. The second-order valence-corrected chi connectivity index (χ2v) is 9.76. The summed E-state index contributed by atoms with van der Waals surface area (Å²) in [5.41, 5.74) is 1.97. The van der Waals surface area contributed by atoms with E-state index in [4.69, 9.17) is 4.98 Å². The molecule has 3 aromatic rings. The van der Waals surface area contributed by atoms with Crippen molar-refractivity contribution < 1.29 is 18.0 Å². The standard InChI is InChI=1S/C25H26F3N5O/c26-25(27,28)22-8-7-18(13-29-22)32-10-9-16(14-32)30-23(34)12-15-11-19(15)24-31-20-3-1-2-4-21(20)33(24)17-5-6-17/h1-4,7-8,13,15-17,19H,5-6,9-12,14H2,(H,30,34)/t15-,16+,19-/m0/s1. The molecule has 0 unspecified atom stereocenters. The van der Waals surface area contributed by atoms with E-state index in [2.05, 4.69) is 33.1 Å². The quantitative estimate of drug-likeness (QED) is 0.570. The number of halogens is 3. The molecule has 3 aliphatic rings. The van der Waals surface area contributed by atoms with Crippen LogP contribution in [0.15, 0.2) is 42.6 Å². The first-order valence-electron chi connectivity index (χ1n) is 11.9. The van der Waals surface area contributed by atoms with Gasteiger partial charge >= 0.3 is 6.18 Å². The van der Waals surface area contributed by atoms with Gasteiger partial charge in [-0.1, -0.05) is 12.1 Å². The number of nitrogens with one attached hydrogen (secondary N) is 1. The maximum Gasteiger partial charge on any atom is 0.433 e. The number of benzene rings is 1. The average Bonchev–Trinajstić information content (AvgIpc) is 3.71. The molecule has 0 radical (unpaired) electrons. The van der Waals surface area contributed by atoms with Crippen molar-refractivity contribution in [2.45, 2.75) is 56.3 Å². The number of amides is 1. The number of aromatic nitrogens is 3. The number of nitrogens with zero attached hydrogens (tertiary/aromatic N) is 4. The van der Waals surface area contributed by atoms with Crippen LogP contribution in [0.4, 0.5) is 18.9 Å². The summed E-state index contributed by atoms with van der Waals surface area (Å²) >= 11 is 0. The molecular formula is C25H26F3N5O. The molecule has 34 heavy (non-hydrogen) atoms. The minimum Gasteiger partial charge on any atom is -0.368 e. The molecule has 3 heterocycles. The van der Waals surface area contributed by atoms with E-state index in [0.29, 0.717) is 43.1 Å². The highest BCUT2D eigenvalue weighted by molar-refractivity contribution is 5.78. The average molecular weight is 470 g/mol. The van der Waals surface area contributed by atoms with Crippen molar-refractivity contribution in [1.29, 1.82) is 0 Å². The number of hydrogen-bond acceptors (Lipinski definition) is 4. The Bertz CT molecular complexity index is 1220. The third-order valence-corrected chi connectivity index (χ3v) is 7.19. The van der Waals surface area contributed by atoms with Gasteiger partial charge < -0.3 is 14.8 Å². The normalized spacial score (nSPS) is 24.6. The molecular weight excluding hydrogens is 443 g/mol. The summed E-state index contributed by atoms with van der Waals surface area (Å²) < 4.78 is 40.6. The van der Waals surface area contributed by atoms with Crippen LogP contribution in [0.1, 0.15) is 55.6 Å². The van der Waals surface area contributed by atoms with Crippen LogP contribution in [-0.4, -0.2) is 39.6 Å². The van der Waals surface area contributed by atoms with Gasteiger partial charge in [0, 0.05) is 37.5 Å². The van der Waals surface area contributed by atoms with Gasteiger partial charge in [0.1, 0.15) is 11.5 Å². The van der Waals surface area contributed by atoms with E-state index in [0.717, 1.165) is 30.2 Å². The largest absolute Gasteiger partial charge is 0.433 e. The summed E-state index contributed by atoms with van der Waals surface area (Å²) in [6, 6.07) is 11.2. The number of imidazole rings is 1. The molecule has 2 aromatic heterocycles. The Kier molecular flexibility index (Phi) is 5.04. The topological polar surface area (TPSA) is 63.1 Å². The molecule has 2 aliphatic carbocycles. The molecule has 1 aromatic carbocycles. The molecule has 9 heteroatoms. The van der Waals surface area contributed by atoms with Crippen molar-refractivity contribution in [3.8, 4) is 0 Å². The smallest absolute Gasteiger partial charge is 0.368 e. The van der Waals surface area contributed by atoms with Crippen molar-refractivity contribution in [3.05, 3.63) is 54.1 Å². The molecule has 0 spiro atoms. The Morgan fingerprint density at radius 1 is 1.12 bits per heavy atom. The summed E-state index contributed by atoms with van der Waals surface area (Å²) in [6.07, 6.45) is 1.43. The second kappa shape index (κ2) is 7.99. The van der Waals surface area contributed by atoms with E-state index in [1.165, 1.54) is 30.6 Å². The highest BCUT2D eigenvalue weighted by Crippen LogP contribution is 2.52. The van der Waals surface area contributed by atoms with E-state index >= 15 is 0 Å². The fraction of sp³-hybridized carbons (Fsp3) is 0.480. The van der Waals surface area contributed by atoms with E-state index in [1.807, 2.05) is 11.0 Å². The monoisotopic (exact) mass is 469 g/mol. The zero-order valence-electron chi connectivity index (χ0n) is 18.6. The van der Waals surface area contributed by atoms with Gasteiger partial charge in [0.05, 0.1) is 22.9 Å². The third-order valence-electron chi connectivity index (χ3n) is 7.19.